The third-order valence-corrected chi connectivity index (χ3v) is 4.18. The van der Waals surface area contributed by atoms with Crippen LogP contribution in [0.1, 0.15) is 46.0 Å². The number of thiocarbonyl (C=S) groups is 1. The normalized spacial score (nSPS) is 13.1. The lowest BCUT2D eigenvalue weighted by Crippen LogP contribution is -2.26. The Hall–Kier alpha value is -2.54. The number of carbonyl (C=O) groups excluding carboxylic acids is 2. The van der Waals surface area contributed by atoms with Crippen molar-refractivity contribution in [2.75, 3.05) is 13.7 Å². The largest absolute Gasteiger partial charge is 0.461 e. The molecule has 7 heteroatoms. The lowest BCUT2D eigenvalue weighted by molar-refractivity contribution is 0.0516. The van der Waals surface area contributed by atoms with Crippen molar-refractivity contribution in [2.24, 2.45) is 0 Å². The minimum Gasteiger partial charge on any atom is -0.461 e. The van der Waals surface area contributed by atoms with Crippen molar-refractivity contribution in [3.63, 3.8) is 0 Å². The molecule has 0 saturated heterocycles. The van der Waals surface area contributed by atoms with Gasteiger partial charge >= 0.3 is 5.97 Å². The minimum absolute atomic E-state index is 0.124. The molecule has 1 aromatic heterocycles. The Kier molecular flexibility index (Phi) is 4.19. The van der Waals surface area contributed by atoms with Gasteiger partial charge in [-0.25, -0.2) is 9.78 Å². The number of rotatable bonds is 3. The Bertz CT molecular complexity index is 857. The van der Waals surface area contributed by atoms with Crippen LogP contribution in [0.15, 0.2) is 24.5 Å². The van der Waals surface area contributed by atoms with E-state index in [2.05, 4.69) is 4.98 Å². The molecule has 0 bridgehead atoms. The molecule has 0 radical (unpaired) electrons. The highest BCUT2D eigenvalue weighted by Crippen LogP contribution is 2.29. The smallest absolute Gasteiger partial charge is 0.358 e. The molecule has 0 atom stereocenters. The molecule has 0 saturated carbocycles. The van der Waals surface area contributed by atoms with Gasteiger partial charge in [0.25, 0.3) is 5.91 Å². The summed E-state index contributed by atoms with van der Waals surface area (Å²) < 4.78 is 6.85. The van der Waals surface area contributed by atoms with Gasteiger partial charge in [0.1, 0.15) is 6.33 Å². The molecule has 0 fully saturated rings. The van der Waals surface area contributed by atoms with Crippen LogP contribution >= 0.6 is 12.2 Å². The fourth-order valence-electron chi connectivity index (χ4n) is 2.85. The van der Waals surface area contributed by atoms with E-state index in [0.29, 0.717) is 21.8 Å². The zero-order valence-electron chi connectivity index (χ0n) is 13.7. The maximum absolute atomic E-state index is 12.7. The van der Waals surface area contributed by atoms with E-state index in [1.807, 2.05) is 19.1 Å². The quantitative estimate of drug-likeness (QED) is 0.486. The van der Waals surface area contributed by atoms with Gasteiger partial charge in [-0.3, -0.25) is 9.36 Å². The van der Waals surface area contributed by atoms with E-state index in [0.717, 1.165) is 5.56 Å². The average molecular weight is 343 g/mol. The number of nitrogens with zero attached hydrogens (tertiary/aromatic N) is 3. The van der Waals surface area contributed by atoms with Gasteiger partial charge in [-0.05, 0) is 19.9 Å². The van der Waals surface area contributed by atoms with Gasteiger partial charge in [0.2, 0.25) is 0 Å². The molecule has 2 heterocycles. The highest BCUT2D eigenvalue weighted by molar-refractivity contribution is 7.80. The van der Waals surface area contributed by atoms with Crippen LogP contribution in [0.4, 0.5) is 0 Å². The lowest BCUT2D eigenvalue weighted by Gasteiger charge is -2.14. The van der Waals surface area contributed by atoms with Gasteiger partial charge in [0.15, 0.2) is 5.69 Å². The van der Waals surface area contributed by atoms with E-state index in [1.54, 1.807) is 35.8 Å². The van der Waals surface area contributed by atoms with Crippen molar-refractivity contribution in [2.45, 2.75) is 20.4 Å². The number of aromatic nitrogens is 2. The molecule has 1 aliphatic heterocycles. The highest BCUT2D eigenvalue weighted by atomic mass is 32.1. The molecule has 0 spiro atoms. The fraction of sp³-hybridized carbons (Fsp3) is 0.294. The predicted molar refractivity (Wildman–Crippen MR) is 92.7 cm³/mol. The molecule has 2 aromatic rings. The van der Waals surface area contributed by atoms with E-state index in [1.165, 1.54) is 0 Å². The van der Waals surface area contributed by atoms with Gasteiger partial charge in [-0.2, -0.15) is 0 Å². The number of para-hydroxylation sites is 1. The highest BCUT2D eigenvalue weighted by Gasteiger charge is 2.30. The third-order valence-electron chi connectivity index (χ3n) is 3.96. The molecular weight excluding hydrogens is 326 g/mol. The van der Waals surface area contributed by atoms with Crippen LogP contribution in [0.25, 0.3) is 5.69 Å². The molecule has 0 aliphatic carbocycles. The number of esters is 1. The molecule has 6 nitrogen and oxygen atoms in total. The first-order chi connectivity index (χ1) is 11.5. The van der Waals surface area contributed by atoms with E-state index < -0.39 is 5.97 Å². The Morgan fingerprint density at radius 3 is 2.83 bits per heavy atom. The number of hydrogen-bond acceptors (Lipinski definition) is 5. The van der Waals surface area contributed by atoms with Crippen LogP contribution in [0.5, 0.6) is 0 Å². The van der Waals surface area contributed by atoms with Gasteiger partial charge in [0.05, 0.1) is 30.1 Å². The van der Waals surface area contributed by atoms with Crippen molar-refractivity contribution >= 4 is 29.0 Å². The van der Waals surface area contributed by atoms with Crippen molar-refractivity contribution in [3.8, 4) is 5.69 Å². The summed E-state index contributed by atoms with van der Waals surface area (Å²) in [5.41, 5.74) is 2.82. The summed E-state index contributed by atoms with van der Waals surface area (Å²) in [6.07, 6.45) is 1.55. The molecule has 0 unspecified atom stereocenters. The molecule has 1 amide bonds. The first-order valence-corrected chi connectivity index (χ1v) is 7.99. The average Bonchev–Trinajstić information content (AvgIpc) is 2.92. The van der Waals surface area contributed by atoms with E-state index >= 15 is 0 Å². The zero-order valence-corrected chi connectivity index (χ0v) is 14.5. The van der Waals surface area contributed by atoms with Crippen molar-refractivity contribution in [3.05, 3.63) is 47.0 Å². The Morgan fingerprint density at radius 1 is 1.42 bits per heavy atom. The van der Waals surface area contributed by atoms with Gasteiger partial charge in [0, 0.05) is 17.5 Å². The van der Waals surface area contributed by atoms with Gasteiger partial charge in [-0.15, -0.1) is 0 Å². The standard InChI is InChI=1S/C17H17N3O3S/c1-4-23-17(22)14-13-8-19(3)16(21)12-7-5-6-11(10(2)24)15(12)20(13)9-18-14/h5-7,9H,4,8H2,1-3H3. The Morgan fingerprint density at radius 2 is 2.17 bits per heavy atom. The fourth-order valence-corrected chi connectivity index (χ4v) is 3.01. The van der Waals surface area contributed by atoms with Crippen LogP contribution in [-0.2, 0) is 11.3 Å². The molecule has 1 aromatic carbocycles. The maximum Gasteiger partial charge on any atom is 0.358 e. The van der Waals surface area contributed by atoms with Crippen LogP contribution in [0, 0.1) is 0 Å². The van der Waals surface area contributed by atoms with E-state index in [9.17, 15) is 9.59 Å². The SMILES string of the molecule is CCOC(=O)c1ncn2c1CN(C)C(=O)c1cccc(C(C)=S)c1-2. The van der Waals surface area contributed by atoms with Crippen molar-refractivity contribution in [1.82, 2.24) is 14.5 Å². The third kappa shape index (κ3) is 2.50. The van der Waals surface area contributed by atoms with E-state index in [-0.39, 0.29) is 24.8 Å². The van der Waals surface area contributed by atoms with E-state index in [4.69, 9.17) is 17.0 Å². The number of carbonyl (C=O) groups is 2. The molecule has 24 heavy (non-hydrogen) atoms. The summed E-state index contributed by atoms with van der Waals surface area (Å²) >= 11 is 5.34. The second-order valence-electron chi connectivity index (χ2n) is 5.55. The van der Waals surface area contributed by atoms with Gasteiger partial charge < -0.3 is 9.64 Å². The summed E-state index contributed by atoms with van der Waals surface area (Å²) in [5.74, 6) is -0.617. The van der Waals surface area contributed by atoms with Crippen LogP contribution < -0.4 is 0 Å². The van der Waals surface area contributed by atoms with Crippen molar-refractivity contribution < 1.29 is 14.3 Å². The van der Waals surface area contributed by atoms with Crippen LogP contribution in [0.2, 0.25) is 0 Å². The van der Waals surface area contributed by atoms with Crippen LogP contribution in [-0.4, -0.2) is 44.8 Å². The Labute approximate surface area is 145 Å². The van der Waals surface area contributed by atoms with Gasteiger partial charge in [-0.1, -0.05) is 24.4 Å². The zero-order chi connectivity index (χ0) is 17.4. The first kappa shape index (κ1) is 16.3. The number of imidazole rings is 1. The second-order valence-corrected chi connectivity index (χ2v) is 6.16. The molecular formula is C17H17N3O3S. The molecule has 1 aliphatic rings. The summed E-state index contributed by atoms with van der Waals surface area (Å²) in [4.78, 5) is 31.4. The number of ether oxygens (including phenoxy) is 1. The lowest BCUT2D eigenvalue weighted by atomic mass is 10.0. The molecule has 124 valence electrons. The molecule has 3 rings (SSSR count). The summed E-state index contributed by atoms with van der Waals surface area (Å²) in [6.45, 7) is 4.08. The first-order valence-electron chi connectivity index (χ1n) is 7.58. The monoisotopic (exact) mass is 343 g/mol. The predicted octanol–water partition coefficient (Wildman–Crippen LogP) is 2.37. The topological polar surface area (TPSA) is 64.4 Å². The second kappa shape index (κ2) is 6.16. The summed E-state index contributed by atoms with van der Waals surface area (Å²) in [6, 6.07) is 5.44. The summed E-state index contributed by atoms with van der Waals surface area (Å²) in [5, 5.41) is 0. The number of amides is 1. The maximum atomic E-state index is 12.7. The summed E-state index contributed by atoms with van der Waals surface area (Å²) in [7, 11) is 1.70. The Balaban J connectivity index is 2.29. The minimum atomic E-state index is -0.493. The number of benzene rings is 1. The molecule has 0 N–H and O–H groups in total. The number of hydrogen-bond donors (Lipinski definition) is 0. The van der Waals surface area contributed by atoms with Crippen LogP contribution in [0.3, 0.4) is 0 Å². The van der Waals surface area contributed by atoms with Crippen molar-refractivity contribution in [1.29, 1.82) is 0 Å². The number of fused-ring (bicyclic) bond motifs is 3.